The summed E-state index contributed by atoms with van der Waals surface area (Å²) in [6, 6.07) is 9.68. The molecule has 1 saturated carbocycles. The lowest BCUT2D eigenvalue weighted by molar-refractivity contribution is -0.117. The van der Waals surface area contributed by atoms with E-state index in [1.165, 1.54) is 11.5 Å². The minimum atomic E-state index is -0.398. The van der Waals surface area contributed by atoms with Crippen LogP contribution >= 0.6 is 7.92 Å². The van der Waals surface area contributed by atoms with E-state index in [2.05, 4.69) is 40.5 Å². The van der Waals surface area contributed by atoms with Crippen molar-refractivity contribution in [2.45, 2.75) is 19.8 Å². The zero-order valence-electron chi connectivity index (χ0n) is 16.3. The van der Waals surface area contributed by atoms with Gasteiger partial charge >= 0.3 is 0 Å². The second-order valence-electron chi connectivity index (χ2n) is 6.78. The molecule has 0 atom stereocenters. The molecule has 0 unspecified atom stereocenters. The molecule has 0 aliphatic heterocycles. The third-order valence-corrected chi connectivity index (χ3v) is 5.67. The van der Waals surface area contributed by atoms with E-state index >= 15 is 0 Å². The number of benzene rings is 1. The van der Waals surface area contributed by atoms with E-state index in [9.17, 15) is 9.59 Å². The van der Waals surface area contributed by atoms with Crippen molar-refractivity contribution in [2.24, 2.45) is 5.92 Å². The van der Waals surface area contributed by atoms with Gasteiger partial charge in [-0.2, -0.15) is 0 Å². The first-order chi connectivity index (χ1) is 13.5. The summed E-state index contributed by atoms with van der Waals surface area (Å²) < 4.78 is 0. The number of amides is 2. The average Bonchev–Trinajstić information content (AvgIpc) is 3.52. The molecule has 8 heteroatoms. The Hall–Kier alpha value is -2.50. The van der Waals surface area contributed by atoms with Crippen molar-refractivity contribution in [3.05, 3.63) is 42.1 Å². The Bertz CT molecular complexity index is 868. The molecule has 0 saturated heterocycles. The number of aromatic nitrogens is 1. The summed E-state index contributed by atoms with van der Waals surface area (Å²) in [6.07, 6.45) is 3.27. The Morgan fingerprint density at radius 3 is 2.64 bits per heavy atom. The van der Waals surface area contributed by atoms with Gasteiger partial charge in [0.25, 0.3) is 5.91 Å². The number of pyridine rings is 1. The number of anilines is 3. The Kier molecular flexibility index (Phi) is 6.60. The molecule has 0 spiro atoms. The third kappa shape index (κ3) is 5.06. The quantitative estimate of drug-likeness (QED) is 0.467. The number of para-hydroxylation sites is 1. The smallest absolute Gasteiger partial charge is 0.278 e. The highest BCUT2D eigenvalue weighted by molar-refractivity contribution is 7.64. The van der Waals surface area contributed by atoms with Gasteiger partial charge in [0.2, 0.25) is 5.91 Å². The fourth-order valence-corrected chi connectivity index (χ4v) is 3.69. The lowest BCUT2D eigenvalue weighted by Gasteiger charge is -2.17. The van der Waals surface area contributed by atoms with Crippen LogP contribution in [0.3, 0.4) is 0 Å². The second-order valence-corrected chi connectivity index (χ2v) is 9.05. The molecule has 1 heterocycles. The molecule has 0 radical (unpaired) electrons. The van der Waals surface area contributed by atoms with Crippen LogP contribution in [-0.2, 0) is 9.63 Å². The van der Waals surface area contributed by atoms with Crippen molar-refractivity contribution in [1.29, 1.82) is 0 Å². The lowest BCUT2D eigenvalue weighted by atomic mass is 10.2. The van der Waals surface area contributed by atoms with Gasteiger partial charge in [-0.05, 0) is 44.5 Å². The summed E-state index contributed by atoms with van der Waals surface area (Å²) in [5.74, 6) is 0.0596. The Labute approximate surface area is 166 Å². The molecular formula is C20H25N4O3P. The standard InChI is InChI=1S/C20H25N4O3P/c1-4-27-24-20(26)14-12-21-18(23-19(25)13-9-10-13)11-16(14)22-15-7-5-6-8-17(15)28(2)3/h5-8,11-13H,4,9-10H2,1-3H3,(H,24,26)(H2,21,22,23,25). The van der Waals surface area contributed by atoms with Crippen molar-refractivity contribution in [2.75, 3.05) is 30.6 Å². The van der Waals surface area contributed by atoms with E-state index in [0.717, 1.165) is 18.5 Å². The Morgan fingerprint density at radius 1 is 1.21 bits per heavy atom. The van der Waals surface area contributed by atoms with E-state index in [4.69, 9.17) is 4.84 Å². The number of carbonyl (C=O) groups is 2. The van der Waals surface area contributed by atoms with Crippen molar-refractivity contribution in [1.82, 2.24) is 10.5 Å². The van der Waals surface area contributed by atoms with E-state index in [1.807, 2.05) is 18.2 Å². The van der Waals surface area contributed by atoms with Crippen LogP contribution in [0.15, 0.2) is 36.5 Å². The van der Waals surface area contributed by atoms with Crippen molar-refractivity contribution in [3.63, 3.8) is 0 Å². The minimum Gasteiger partial charge on any atom is -0.354 e. The van der Waals surface area contributed by atoms with Gasteiger partial charge in [-0.25, -0.2) is 10.5 Å². The van der Waals surface area contributed by atoms with Gasteiger partial charge in [-0.3, -0.25) is 14.4 Å². The van der Waals surface area contributed by atoms with Gasteiger partial charge in [0.15, 0.2) is 0 Å². The molecule has 1 fully saturated rings. The summed E-state index contributed by atoms with van der Waals surface area (Å²) >= 11 is 0. The second kappa shape index (κ2) is 9.13. The summed E-state index contributed by atoms with van der Waals surface area (Å²) in [6.45, 7) is 6.49. The monoisotopic (exact) mass is 400 g/mol. The van der Waals surface area contributed by atoms with Crippen LogP contribution in [-0.4, -0.2) is 36.7 Å². The zero-order chi connectivity index (χ0) is 20.1. The first kappa shape index (κ1) is 20.2. The van der Waals surface area contributed by atoms with Crippen LogP contribution in [0, 0.1) is 5.92 Å². The van der Waals surface area contributed by atoms with Crippen molar-refractivity contribution in [3.8, 4) is 0 Å². The average molecular weight is 400 g/mol. The zero-order valence-corrected chi connectivity index (χ0v) is 17.2. The van der Waals surface area contributed by atoms with Crippen LogP contribution in [0.25, 0.3) is 0 Å². The number of nitrogens with zero attached hydrogens (tertiary/aromatic N) is 1. The van der Waals surface area contributed by atoms with Crippen LogP contribution in [0.1, 0.15) is 30.1 Å². The molecule has 1 aromatic carbocycles. The molecule has 2 aromatic rings. The molecule has 2 amide bonds. The van der Waals surface area contributed by atoms with Crippen molar-refractivity contribution < 1.29 is 14.4 Å². The molecule has 28 heavy (non-hydrogen) atoms. The van der Waals surface area contributed by atoms with E-state index in [-0.39, 0.29) is 19.7 Å². The summed E-state index contributed by atoms with van der Waals surface area (Å²) in [5, 5.41) is 7.36. The van der Waals surface area contributed by atoms with Gasteiger partial charge < -0.3 is 10.6 Å². The van der Waals surface area contributed by atoms with Crippen LogP contribution < -0.4 is 21.4 Å². The summed E-state index contributed by atoms with van der Waals surface area (Å²) in [4.78, 5) is 33.8. The number of hydrogen-bond acceptors (Lipinski definition) is 5. The lowest BCUT2D eigenvalue weighted by Crippen LogP contribution is -2.25. The fourth-order valence-electron chi connectivity index (χ4n) is 2.69. The molecule has 0 bridgehead atoms. The highest BCUT2D eigenvalue weighted by atomic mass is 31.1. The van der Waals surface area contributed by atoms with Crippen LogP contribution in [0.5, 0.6) is 0 Å². The third-order valence-electron chi connectivity index (χ3n) is 4.31. The first-order valence-corrected chi connectivity index (χ1v) is 11.5. The Balaban J connectivity index is 1.92. The maximum Gasteiger partial charge on any atom is 0.278 e. The highest BCUT2D eigenvalue weighted by Gasteiger charge is 2.30. The molecule has 3 N–H and O–H groups in total. The van der Waals surface area contributed by atoms with E-state index in [1.54, 1.807) is 13.0 Å². The minimum absolute atomic E-state index is 0.0315. The topological polar surface area (TPSA) is 92.3 Å². The molecule has 1 aliphatic rings. The van der Waals surface area contributed by atoms with Gasteiger partial charge in [0, 0.05) is 23.9 Å². The van der Waals surface area contributed by atoms with Gasteiger partial charge in [0.05, 0.1) is 17.9 Å². The van der Waals surface area contributed by atoms with Crippen LogP contribution in [0.4, 0.5) is 17.2 Å². The van der Waals surface area contributed by atoms with E-state index in [0.29, 0.717) is 23.7 Å². The number of hydrogen-bond donors (Lipinski definition) is 3. The number of hydroxylamine groups is 1. The maximum absolute atomic E-state index is 12.5. The normalized spacial score (nSPS) is 13.3. The Morgan fingerprint density at radius 2 is 1.96 bits per heavy atom. The SMILES string of the molecule is CCONC(=O)c1cnc(NC(=O)C2CC2)cc1Nc1ccccc1P(C)C. The molecular weight excluding hydrogens is 375 g/mol. The maximum atomic E-state index is 12.5. The number of carbonyl (C=O) groups excluding carboxylic acids is 2. The molecule has 148 valence electrons. The fraction of sp³-hybridized carbons (Fsp3) is 0.350. The van der Waals surface area contributed by atoms with Gasteiger partial charge in [-0.15, -0.1) is 0 Å². The molecule has 3 rings (SSSR count). The molecule has 1 aromatic heterocycles. The molecule has 7 nitrogen and oxygen atoms in total. The molecule has 1 aliphatic carbocycles. The number of nitrogens with one attached hydrogen (secondary N) is 3. The summed E-state index contributed by atoms with van der Waals surface area (Å²) in [5.41, 5.74) is 4.22. The predicted octanol–water partition coefficient (Wildman–Crippen LogP) is 3.22. The van der Waals surface area contributed by atoms with Gasteiger partial charge in [-0.1, -0.05) is 26.1 Å². The predicted molar refractivity (Wildman–Crippen MR) is 113 cm³/mol. The highest BCUT2D eigenvalue weighted by Crippen LogP contribution is 2.32. The van der Waals surface area contributed by atoms with Gasteiger partial charge in [0.1, 0.15) is 5.82 Å². The van der Waals surface area contributed by atoms with Crippen molar-refractivity contribution >= 4 is 42.2 Å². The number of rotatable bonds is 8. The van der Waals surface area contributed by atoms with E-state index < -0.39 is 5.91 Å². The summed E-state index contributed by atoms with van der Waals surface area (Å²) in [7, 11) is -0.342. The first-order valence-electron chi connectivity index (χ1n) is 9.26. The largest absolute Gasteiger partial charge is 0.354 e. The van der Waals surface area contributed by atoms with Crippen LogP contribution in [0.2, 0.25) is 0 Å².